The first-order chi connectivity index (χ1) is 11.6. The summed E-state index contributed by atoms with van der Waals surface area (Å²) >= 11 is 0. The van der Waals surface area contributed by atoms with E-state index in [9.17, 15) is 14.4 Å². The van der Waals surface area contributed by atoms with Crippen molar-refractivity contribution in [3.8, 4) is 0 Å². The summed E-state index contributed by atoms with van der Waals surface area (Å²) in [4.78, 5) is 34.8. The van der Waals surface area contributed by atoms with Gasteiger partial charge in [0, 0.05) is 6.54 Å². The molecule has 0 unspecified atom stereocenters. The van der Waals surface area contributed by atoms with Crippen LogP contribution in [-0.2, 0) is 20.8 Å². The molecule has 1 amide bonds. The quantitative estimate of drug-likeness (QED) is 0.820. The van der Waals surface area contributed by atoms with Gasteiger partial charge in [0.2, 0.25) is 0 Å². The number of methoxy groups -OCH3 is 1. The number of ether oxygens (including phenoxy) is 2. The molecule has 0 saturated heterocycles. The monoisotopic (exact) mass is 327 g/mol. The number of amides is 1. The van der Waals surface area contributed by atoms with Gasteiger partial charge in [-0.05, 0) is 29.8 Å². The summed E-state index contributed by atoms with van der Waals surface area (Å²) in [6.07, 6.45) is 0. The first-order valence-corrected chi connectivity index (χ1v) is 7.26. The molecule has 2 rings (SSSR count). The molecule has 0 aliphatic carbocycles. The van der Waals surface area contributed by atoms with Gasteiger partial charge in [0.15, 0.2) is 6.61 Å². The third-order valence-corrected chi connectivity index (χ3v) is 3.21. The Balaban J connectivity index is 1.79. The van der Waals surface area contributed by atoms with Gasteiger partial charge in [-0.1, -0.05) is 30.3 Å². The zero-order valence-corrected chi connectivity index (χ0v) is 13.2. The summed E-state index contributed by atoms with van der Waals surface area (Å²) < 4.78 is 9.51. The second-order valence-electron chi connectivity index (χ2n) is 4.91. The summed E-state index contributed by atoms with van der Waals surface area (Å²) in [5.41, 5.74) is 1.53. The number of rotatable bonds is 6. The van der Waals surface area contributed by atoms with Crippen molar-refractivity contribution in [3.05, 3.63) is 71.3 Å². The van der Waals surface area contributed by atoms with Crippen molar-refractivity contribution in [1.82, 2.24) is 5.32 Å². The molecule has 0 aromatic heterocycles. The predicted molar refractivity (Wildman–Crippen MR) is 86.4 cm³/mol. The van der Waals surface area contributed by atoms with E-state index in [1.165, 1.54) is 31.4 Å². The topological polar surface area (TPSA) is 81.7 Å². The van der Waals surface area contributed by atoms with Crippen LogP contribution in [0.15, 0.2) is 54.6 Å². The minimum absolute atomic E-state index is 0.249. The third kappa shape index (κ3) is 4.95. The average Bonchev–Trinajstić information content (AvgIpc) is 2.64. The van der Waals surface area contributed by atoms with E-state index in [-0.39, 0.29) is 12.2 Å². The van der Waals surface area contributed by atoms with Gasteiger partial charge in [0.05, 0.1) is 18.2 Å². The van der Waals surface area contributed by atoms with E-state index < -0.39 is 17.8 Å². The first kappa shape index (κ1) is 17.2. The fourth-order valence-electron chi connectivity index (χ4n) is 1.92. The van der Waals surface area contributed by atoms with Crippen molar-refractivity contribution in [2.45, 2.75) is 6.54 Å². The van der Waals surface area contributed by atoms with Gasteiger partial charge in [0.25, 0.3) is 5.91 Å². The summed E-state index contributed by atoms with van der Waals surface area (Å²) in [5.74, 6) is -1.52. The molecule has 0 aliphatic heterocycles. The lowest BCUT2D eigenvalue weighted by Crippen LogP contribution is -2.28. The van der Waals surface area contributed by atoms with Gasteiger partial charge in [0.1, 0.15) is 0 Å². The summed E-state index contributed by atoms with van der Waals surface area (Å²) in [7, 11) is 1.28. The van der Waals surface area contributed by atoms with Gasteiger partial charge < -0.3 is 14.8 Å². The Morgan fingerprint density at radius 1 is 0.875 bits per heavy atom. The molecule has 24 heavy (non-hydrogen) atoms. The number of esters is 2. The molecule has 0 heterocycles. The molecule has 6 nitrogen and oxygen atoms in total. The smallest absolute Gasteiger partial charge is 0.338 e. The minimum atomic E-state index is -0.638. The highest BCUT2D eigenvalue weighted by atomic mass is 16.5. The van der Waals surface area contributed by atoms with Crippen LogP contribution in [0.3, 0.4) is 0 Å². The Bertz CT molecular complexity index is 710. The molecule has 0 saturated carbocycles. The predicted octanol–water partition coefficient (Wildman–Crippen LogP) is 1.95. The average molecular weight is 327 g/mol. The number of nitrogens with one attached hydrogen (secondary N) is 1. The summed E-state index contributed by atoms with van der Waals surface area (Å²) in [5, 5.41) is 2.66. The van der Waals surface area contributed by atoms with Crippen LogP contribution in [0.4, 0.5) is 0 Å². The maximum absolute atomic E-state index is 11.9. The molecule has 124 valence electrons. The zero-order valence-electron chi connectivity index (χ0n) is 13.2. The highest BCUT2D eigenvalue weighted by molar-refractivity contribution is 5.94. The standard InChI is InChI=1S/C18H17NO5/c1-23-17(21)14-7-9-15(10-8-14)18(22)24-12-16(20)19-11-13-5-3-2-4-6-13/h2-10H,11-12H2,1H3,(H,19,20). The SMILES string of the molecule is COC(=O)c1ccc(C(=O)OCC(=O)NCc2ccccc2)cc1. The second kappa shape index (κ2) is 8.47. The Kier molecular flexibility index (Phi) is 6.08. The maximum Gasteiger partial charge on any atom is 0.338 e. The Hall–Kier alpha value is -3.15. The molecular weight excluding hydrogens is 310 g/mol. The number of carbonyl (C=O) groups excluding carboxylic acids is 3. The molecule has 0 bridgehead atoms. The number of benzene rings is 2. The van der Waals surface area contributed by atoms with Crippen molar-refractivity contribution in [2.24, 2.45) is 0 Å². The summed E-state index contributed by atoms with van der Waals surface area (Å²) in [6, 6.07) is 15.2. The van der Waals surface area contributed by atoms with Crippen molar-refractivity contribution in [2.75, 3.05) is 13.7 Å². The van der Waals surface area contributed by atoms with Gasteiger partial charge in [-0.15, -0.1) is 0 Å². The molecule has 6 heteroatoms. The Labute approximate surface area is 139 Å². The highest BCUT2D eigenvalue weighted by Crippen LogP contribution is 2.07. The molecule has 0 spiro atoms. The lowest BCUT2D eigenvalue weighted by Gasteiger charge is -2.07. The van der Waals surface area contributed by atoms with E-state index in [1.807, 2.05) is 30.3 Å². The van der Waals surface area contributed by atoms with Gasteiger partial charge in [-0.2, -0.15) is 0 Å². The second-order valence-corrected chi connectivity index (χ2v) is 4.91. The zero-order chi connectivity index (χ0) is 17.4. The lowest BCUT2D eigenvalue weighted by atomic mass is 10.1. The van der Waals surface area contributed by atoms with Gasteiger partial charge in [-0.3, -0.25) is 4.79 Å². The number of hydrogen-bond acceptors (Lipinski definition) is 5. The minimum Gasteiger partial charge on any atom is -0.465 e. The molecule has 0 radical (unpaired) electrons. The van der Waals surface area contributed by atoms with E-state index in [2.05, 4.69) is 10.1 Å². The van der Waals surface area contributed by atoms with E-state index >= 15 is 0 Å². The van der Waals surface area contributed by atoms with E-state index in [0.29, 0.717) is 12.1 Å². The van der Waals surface area contributed by atoms with Gasteiger partial charge >= 0.3 is 11.9 Å². The van der Waals surface area contributed by atoms with Crippen LogP contribution < -0.4 is 5.32 Å². The fourth-order valence-corrected chi connectivity index (χ4v) is 1.92. The van der Waals surface area contributed by atoms with Gasteiger partial charge in [-0.25, -0.2) is 9.59 Å². The highest BCUT2D eigenvalue weighted by Gasteiger charge is 2.12. The largest absolute Gasteiger partial charge is 0.465 e. The van der Waals surface area contributed by atoms with Crippen LogP contribution in [-0.4, -0.2) is 31.6 Å². The Morgan fingerprint density at radius 2 is 1.46 bits per heavy atom. The number of hydrogen-bond donors (Lipinski definition) is 1. The molecule has 2 aromatic carbocycles. The molecular formula is C18H17NO5. The van der Waals surface area contributed by atoms with Crippen molar-refractivity contribution in [1.29, 1.82) is 0 Å². The number of carbonyl (C=O) groups is 3. The fraction of sp³-hybridized carbons (Fsp3) is 0.167. The normalized spacial score (nSPS) is 9.88. The van der Waals surface area contributed by atoms with Crippen molar-refractivity contribution >= 4 is 17.8 Å². The lowest BCUT2D eigenvalue weighted by molar-refractivity contribution is -0.124. The molecule has 1 N–H and O–H groups in total. The molecule has 0 aliphatic rings. The summed E-state index contributed by atoms with van der Waals surface area (Å²) in [6.45, 7) is -0.00449. The van der Waals surface area contributed by atoms with Crippen LogP contribution in [0.5, 0.6) is 0 Å². The third-order valence-electron chi connectivity index (χ3n) is 3.21. The first-order valence-electron chi connectivity index (χ1n) is 7.26. The van der Waals surface area contributed by atoms with E-state index in [1.54, 1.807) is 0 Å². The molecule has 0 fully saturated rings. The van der Waals surface area contributed by atoms with E-state index in [4.69, 9.17) is 4.74 Å². The molecule has 0 atom stereocenters. The molecule has 2 aromatic rings. The van der Waals surface area contributed by atoms with Crippen LogP contribution in [0.2, 0.25) is 0 Å². The van der Waals surface area contributed by atoms with Crippen LogP contribution >= 0.6 is 0 Å². The van der Waals surface area contributed by atoms with Crippen LogP contribution in [0.1, 0.15) is 26.3 Å². The maximum atomic E-state index is 11.9. The van der Waals surface area contributed by atoms with Crippen LogP contribution in [0, 0.1) is 0 Å². The Morgan fingerprint density at radius 3 is 2.04 bits per heavy atom. The van der Waals surface area contributed by atoms with Crippen molar-refractivity contribution in [3.63, 3.8) is 0 Å². The van der Waals surface area contributed by atoms with Crippen molar-refractivity contribution < 1.29 is 23.9 Å². The van der Waals surface area contributed by atoms with E-state index in [0.717, 1.165) is 5.56 Å². The van der Waals surface area contributed by atoms with Crippen LogP contribution in [0.25, 0.3) is 0 Å².